The molecule has 0 aliphatic carbocycles. The second-order valence-corrected chi connectivity index (χ2v) is 6.40. The Balaban J connectivity index is 2.74. The molecule has 17 heavy (non-hydrogen) atoms. The summed E-state index contributed by atoms with van der Waals surface area (Å²) in [4.78, 5) is 26.0. The van der Waals surface area contributed by atoms with Crippen LogP contribution >= 0.6 is 23.1 Å². The van der Waals surface area contributed by atoms with Crippen molar-refractivity contribution in [3.05, 3.63) is 10.6 Å². The quantitative estimate of drug-likeness (QED) is 0.802. The fourth-order valence-corrected chi connectivity index (χ4v) is 3.05. The van der Waals surface area contributed by atoms with Crippen LogP contribution in [-0.4, -0.2) is 32.9 Å². The van der Waals surface area contributed by atoms with Gasteiger partial charge in [0.2, 0.25) is 0 Å². The lowest BCUT2D eigenvalue weighted by molar-refractivity contribution is -0.145. The SMILES string of the molecule is Cc1nc(SCC(C)(C)C(=O)O)sc1C(=O)O. The van der Waals surface area contributed by atoms with E-state index in [0.29, 0.717) is 15.8 Å². The summed E-state index contributed by atoms with van der Waals surface area (Å²) in [6.07, 6.45) is 0. The van der Waals surface area contributed by atoms with E-state index in [1.54, 1.807) is 20.8 Å². The summed E-state index contributed by atoms with van der Waals surface area (Å²) in [5, 5.41) is 17.8. The van der Waals surface area contributed by atoms with Gasteiger partial charge in [0.05, 0.1) is 11.1 Å². The van der Waals surface area contributed by atoms with Gasteiger partial charge >= 0.3 is 11.9 Å². The molecule has 0 bridgehead atoms. The Morgan fingerprint density at radius 3 is 2.41 bits per heavy atom. The maximum Gasteiger partial charge on any atom is 0.347 e. The molecule has 0 atom stereocenters. The molecule has 94 valence electrons. The van der Waals surface area contributed by atoms with Crippen LogP contribution in [0.15, 0.2) is 4.34 Å². The molecule has 0 fully saturated rings. The lowest BCUT2D eigenvalue weighted by Gasteiger charge is -2.16. The van der Waals surface area contributed by atoms with E-state index in [1.807, 2.05) is 0 Å². The van der Waals surface area contributed by atoms with Gasteiger partial charge in [-0.25, -0.2) is 9.78 Å². The molecule has 0 radical (unpaired) electrons. The Morgan fingerprint density at radius 1 is 1.41 bits per heavy atom. The standard InChI is InChI=1S/C10H13NO4S2/c1-5-6(7(12)13)17-9(11-5)16-4-10(2,3)8(14)15/h4H2,1-3H3,(H,12,13)(H,14,15). The van der Waals surface area contributed by atoms with Crippen molar-refractivity contribution in [2.24, 2.45) is 5.41 Å². The maximum absolute atomic E-state index is 10.9. The molecule has 1 aromatic heterocycles. The molecule has 1 heterocycles. The summed E-state index contributed by atoms with van der Waals surface area (Å²) < 4.78 is 0.592. The van der Waals surface area contributed by atoms with Crippen molar-refractivity contribution >= 4 is 35.0 Å². The van der Waals surface area contributed by atoms with Crippen LogP contribution in [0.25, 0.3) is 0 Å². The van der Waals surface area contributed by atoms with Crippen LogP contribution in [0.1, 0.15) is 29.2 Å². The Bertz CT molecular complexity index is 453. The molecule has 2 N–H and O–H groups in total. The van der Waals surface area contributed by atoms with Gasteiger partial charge in [-0.15, -0.1) is 11.3 Å². The molecule has 0 spiro atoms. The number of carbonyl (C=O) groups is 2. The van der Waals surface area contributed by atoms with Crippen molar-refractivity contribution in [3.8, 4) is 0 Å². The number of hydrogen-bond donors (Lipinski definition) is 2. The molecule has 0 aliphatic heterocycles. The highest BCUT2D eigenvalue weighted by molar-refractivity contribution is 8.01. The van der Waals surface area contributed by atoms with Crippen LogP contribution in [0.5, 0.6) is 0 Å². The van der Waals surface area contributed by atoms with Crippen molar-refractivity contribution in [3.63, 3.8) is 0 Å². The number of aliphatic carboxylic acids is 1. The molecule has 0 unspecified atom stereocenters. The number of aryl methyl sites for hydroxylation is 1. The highest BCUT2D eigenvalue weighted by atomic mass is 32.2. The summed E-state index contributed by atoms with van der Waals surface area (Å²) >= 11 is 2.35. The number of carboxylic acid groups (broad SMARTS) is 2. The van der Waals surface area contributed by atoms with Gasteiger partial charge in [0.15, 0.2) is 4.34 Å². The first-order valence-corrected chi connectivity index (χ1v) is 6.61. The zero-order valence-electron chi connectivity index (χ0n) is 9.68. The summed E-state index contributed by atoms with van der Waals surface area (Å²) in [5.74, 6) is -1.52. The average molecular weight is 275 g/mol. The lowest BCUT2D eigenvalue weighted by atomic mass is 9.97. The minimum atomic E-state index is -0.996. The van der Waals surface area contributed by atoms with Crippen molar-refractivity contribution < 1.29 is 19.8 Å². The van der Waals surface area contributed by atoms with E-state index in [4.69, 9.17) is 10.2 Å². The third kappa shape index (κ3) is 3.44. The molecular weight excluding hydrogens is 262 g/mol. The monoisotopic (exact) mass is 275 g/mol. The van der Waals surface area contributed by atoms with Gasteiger partial charge in [-0.3, -0.25) is 4.79 Å². The number of rotatable bonds is 5. The van der Waals surface area contributed by atoms with Gasteiger partial charge in [-0.2, -0.15) is 0 Å². The minimum Gasteiger partial charge on any atom is -0.481 e. The Hall–Kier alpha value is -1.08. The van der Waals surface area contributed by atoms with Crippen molar-refractivity contribution in [1.29, 1.82) is 0 Å². The van der Waals surface area contributed by atoms with Crippen LogP contribution in [0, 0.1) is 12.3 Å². The summed E-state index contributed by atoms with van der Waals surface area (Å²) in [6.45, 7) is 4.88. The van der Waals surface area contributed by atoms with Gasteiger partial charge in [0, 0.05) is 5.75 Å². The van der Waals surface area contributed by atoms with Gasteiger partial charge in [-0.05, 0) is 20.8 Å². The third-order valence-corrected chi connectivity index (χ3v) is 4.85. The number of aromatic nitrogens is 1. The number of carboxylic acids is 2. The predicted octanol–water partition coefficient (Wildman–Crippen LogP) is 2.35. The van der Waals surface area contributed by atoms with E-state index in [9.17, 15) is 9.59 Å². The van der Waals surface area contributed by atoms with Gasteiger partial charge in [-0.1, -0.05) is 11.8 Å². The molecule has 1 aromatic rings. The molecule has 0 amide bonds. The van der Waals surface area contributed by atoms with E-state index in [1.165, 1.54) is 11.8 Å². The first-order valence-electron chi connectivity index (χ1n) is 4.81. The van der Waals surface area contributed by atoms with Gasteiger partial charge in [0.25, 0.3) is 0 Å². The summed E-state index contributed by atoms with van der Waals surface area (Å²) in [6, 6.07) is 0. The summed E-state index contributed by atoms with van der Waals surface area (Å²) in [5.41, 5.74) is -0.383. The Labute approximate surface area is 107 Å². The van der Waals surface area contributed by atoms with E-state index in [0.717, 1.165) is 11.3 Å². The fourth-order valence-electron chi connectivity index (χ4n) is 0.936. The maximum atomic E-state index is 10.9. The second kappa shape index (κ2) is 5.05. The van der Waals surface area contributed by atoms with Crippen molar-refractivity contribution in [1.82, 2.24) is 4.98 Å². The molecule has 0 aliphatic rings. The number of aromatic carboxylic acids is 1. The number of hydrogen-bond acceptors (Lipinski definition) is 5. The minimum absolute atomic E-state index is 0.209. The first kappa shape index (κ1) is 14.0. The van der Waals surface area contributed by atoms with Crippen LogP contribution in [0.2, 0.25) is 0 Å². The molecule has 7 heteroatoms. The Morgan fingerprint density at radius 2 is 2.00 bits per heavy atom. The van der Waals surface area contributed by atoms with E-state index in [-0.39, 0.29) is 4.88 Å². The normalized spacial score (nSPS) is 11.5. The number of thioether (sulfide) groups is 1. The highest BCUT2D eigenvalue weighted by Crippen LogP contribution is 2.32. The van der Waals surface area contributed by atoms with Crippen LogP contribution in [0.3, 0.4) is 0 Å². The van der Waals surface area contributed by atoms with E-state index in [2.05, 4.69) is 4.98 Å². The number of thiazole rings is 1. The van der Waals surface area contributed by atoms with Crippen LogP contribution < -0.4 is 0 Å². The van der Waals surface area contributed by atoms with Crippen molar-refractivity contribution in [2.45, 2.75) is 25.1 Å². The predicted molar refractivity (Wildman–Crippen MR) is 66.0 cm³/mol. The summed E-state index contributed by atoms with van der Waals surface area (Å²) in [7, 11) is 0. The van der Waals surface area contributed by atoms with Crippen LogP contribution in [0.4, 0.5) is 0 Å². The smallest absolute Gasteiger partial charge is 0.347 e. The number of nitrogens with zero attached hydrogens (tertiary/aromatic N) is 1. The topological polar surface area (TPSA) is 87.5 Å². The molecule has 5 nitrogen and oxygen atoms in total. The van der Waals surface area contributed by atoms with Crippen LogP contribution in [-0.2, 0) is 4.79 Å². The lowest BCUT2D eigenvalue weighted by Crippen LogP contribution is -2.26. The van der Waals surface area contributed by atoms with E-state index < -0.39 is 17.4 Å². The second-order valence-electron chi connectivity index (χ2n) is 4.18. The largest absolute Gasteiger partial charge is 0.481 e. The van der Waals surface area contributed by atoms with Gasteiger partial charge < -0.3 is 10.2 Å². The molecule has 1 rings (SSSR count). The first-order chi connectivity index (χ1) is 7.74. The third-order valence-electron chi connectivity index (χ3n) is 2.11. The highest BCUT2D eigenvalue weighted by Gasteiger charge is 2.28. The van der Waals surface area contributed by atoms with Gasteiger partial charge in [0.1, 0.15) is 4.88 Å². The zero-order valence-corrected chi connectivity index (χ0v) is 11.3. The van der Waals surface area contributed by atoms with Crippen molar-refractivity contribution in [2.75, 3.05) is 5.75 Å². The molecule has 0 saturated heterocycles. The zero-order chi connectivity index (χ0) is 13.2. The molecular formula is C10H13NO4S2. The Kier molecular flexibility index (Phi) is 4.16. The van der Waals surface area contributed by atoms with E-state index >= 15 is 0 Å². The molecule has 0 saturated carbocycles. The average Bonchev–Trinajstić information content (AvgIpc) is 2.57. The fraction of sp³-hybridized carbons (Fsp3) is 0.500. The molecule has 0 aromatic carbocycles.